The van der Waals surface area contributed by atoms with E-state index in [4.69, 9.17) is 4.74 Å². The van der Waals surface area contributed by atoms with Gasteiger partial charge in [-0.15, -0.1) is 0 Å². The number of ether oxygens (including phenoxy) is 1. The van der Waals surface area contributed by atoms with Gasteiger partial charge >= 0.3 is 5.97 Å². The number of carbonyl (C=O) groups is 2. The largest absolute Gasteiger partial charge is 0.458 e. The van der Waals surface area contributed by atoms with E-state index < -0.39 is 11.6 Å². The Morgan fingerprint density at radius 3 is 2.43 bits per heavy atom. The van der Waals surface area contributed by atoms with E-state index in [9.17, 15) is 9.59 Å². The number of amides is 1. The summed E-state index contributed by atoms with van der Waals surface area (Å²) in [4.78, 5) is 22.6. The quantitative estimate of drug-likeness (QED) is 0.637. The Bertz CT molecular complexity index is 255. The van der Waals surface area contributed by atoms with Crippen LogP contribution in [0.25, 0.3) is 0 Å². The molecule has 1 aliphatic heterocycles. The van der Waals surface area contributed by atoms with Crippen molar-refractivity contribution in [2.45, 2.75) is 45.8 Å². The highest BCUT2D eigenvalue weighted by Crippen LogP contribution is 2.19. The van der Waals surface area contributed by atoms with Crippen LogP contribution in [-0.2, 0) is 14.3 Å². The minimum absolute atomic E-state index is 0.0253. The minimum Gasteiger partial charge on any atom is -0.458 e. The third kappa shape index (κ3) is 2.72. The van der Waals surface area contributed by atoms with Gasteiger partial charge in [-0.2, -0.15) is 0 Å². The van der Waals surface area contributed by atoms with E-state index in [0.29, 0.717) is 6.42 Å². The van der Waals surface area contributed by atoms with Crippen molar-refractivity contribution in [1.29, 1.82) is 0 Å². The molecule has 4 heteroatoms. The number of hydrogen-bond donors (Lipinski definition) is 1. The Morgan fingerprint density at radius 2 is 2.07 bits per heavy atom. The standard InChI is InChI=1S/C10H17NO3/c1-6-5-7(12)11-8(6)9(13)14-10(2,3)4/h6,8H,5H2,1-4H3,(H,11,12)/t6-,8+/m1/s1. The van der Waals surface area contributed by atoms with Gasteiger partial charge in [0.05, 0.1) is 0 Å². The van der Waals surface area contributed by atoms with Crippen LogP contribution in [0.15, 0.2) is 0 Å². The van der Waals surface area contributed by atoms with E-state index >= 15 is 0 Å². The van der Waals surface area contributed by atoms with Crippen LogP contribution < -0.4 is 5.32 Å². The lowest BCUT2D eigenvalue weighted by Crippen LogP contribution is -2.41. The van der Waals surface area contributed by atoms with Crippen molar-refractivity contribution in [2.24, 2.45) is 5.92 Å². The van der Waals surface area contributed by atoms with Crippen molar-refractivity contribution in [3.63, 3.8) is 0 Å². The van der Waals surface area contributed by atoms with Crippen LogP contribution in [0.4, 0.5) is 0 Å². The fraction of sp³-hybridized carbons (Fsp3) is 0.800. The first kappa shape index (κ1) is 11.0. The molecule has 80 valence electrons. The van der Waals surface area contributed by atoms with Crippen LogP contribution in [0, 0.1) is 5.92 Å². The predicted molar refractivity (Wildman–Crippen MR) is 51.6 cm³/mol. The van der Waals surface area contributed by atoms with E-state index in [0.717, 1.165) is 0 Å². The number of esters is 1. The van der Waals surface area contributed by atoms with Gasteiger partial charge in [0.15, 0.2) is 0 Å². The Kier molecular flexibility index (Phi) is 2.83. The second-order valence-corrected chi connectivity index (χ2v) is 4.76. The molecule has 0 aromatic carbocycles. The minimum atomic E-state index is -0.496. The molecule has 2 atom stereocenters. The molecule has 0 unspecified atom stereocenters. The lowest BCUT2D eigenvalue weighted by Gasteiger charge is -2.23. The van der Waals surface area contributed by atoms with Crippen molar-refractivity contribution >= 4 is 11.9 Å². The predicted octanol–water partition coefficient (Wildman–Crippen LogP) is 0.853. The average molecular weight is 199 g/mol. The maximum absolute atomic E-state index is 11.6. The molecular weight excluding hydrogens is 182 g/mol. The lowest BCUT2D eigenvalue weighted by atomic mass is 10.0. The van der Waals surface area contributed by atoms with Crippen molar-refractivity contribution < 1.29 is 14.3 Å². The van der Waals surface area contributed by atoms with Gasteiger partial charge in [-0.05, 0) is 26.7 Å². The summed E-state index contributed by atoms with van der Waals surface area (Å²) in [7, 11) is 0. The first-order chi connectivity index (χ1) is 6.29. The van der Waals surface area contributed by atoms with Crippen LogP contribution in [-0.4, -0.2) is 23.5 Å². The molecule has 0 bridgehead atoms. The van der Waals surface area contributed by atoms with Gasteiger partial charge in [0.2, 0.25) is 5.91 Å². The van der Waals surface area contributed by atoms with E-state index in [-0.39, 0.29) is 17.8 Å². The third-order valence-electron chi connectivity index (χ3n) is 2.05. The SMILES string of the molecule is C[C@@H]1CC(=O)N[C@@H]1C(=O)OC(C)(C)C. The first-order valence-electron chi connectivity index (χ1n) is 4.82. The topological polar surface area (TPSA) is 55.4 Å². The molecule has 14 heavy (non-hydrogen) atoms. The molecule has 0 aliphatic carbocycles. The van der Waals surface area contributed by atoms with Gasteiger partial charge in [0.25, 0.3) is 0 Å². The van der Waals surface area contributed by atoms with Crippen molar-refractivity contribution in [1.82, 2.24) is 5.32 Å². The molecule has 1 saturated heterocycles. The molecule has 1 heterocycles. The van der Waals surface area contributed by atoms with Gasteiger partial charge in [-0.25, -0.2) is 4.79 Å². The molecule has 1 fully saturated rings. The molecular formula is C10H17NO3. The fourth-order valence-corrected chi connectivity index (χ4v) is 1.44. The number of nitrogens with one attached hydrogen (secondary N) is 1. The summed E-state index contributed by atoms with van der Waals surface area (Å²) in [5, 5.41) is 2.61. The highest BCUT2D eigenvalue weighted by Gasteiger charge is 2.36. The van der Waals surface area contributed by atoms with Crippen LogP contribution in [0.1, 0.15) is 34.1 Å². The molecule has 0 radical (unpaired) electrons. The summed E-state index contributed by atoms with van der Waals surface area (Å²) in [6.45, 7) is 7.30. The molecule has 4 nitrogen and oxygen atoms in total. The van der Waals surface area contributed by atoms with E-state index in [1.165, 1.54) is 0 Å². The monoisotopic (exact) mass is 199 g/mol. The number of carbonyl (C=O) groups excluding carboxylic acids is 2. The molecule has 0 saturated carbocycles. The summed E-state index contributed by atoms with van der Waals surface area (Å²) in [6.07, 6.45) is 0.407. The second-order valence-electron chi connectivity index (χ2n) is 4.76. The molecule has 0 spiro atoms. The Balaban J connectivity index is 2.58. The van der Waals surface area contributed by atoms with Gasteiger partial charge in [-0.3, -0.25) is 4.79 Å². The van der Waals surface area contributed by atoms with Crippen molar-refractivity contribution in [3.05, 3.63) is 0 Å². The van der Waals surface area contributed by atoms with Crippen LogP contribution >= 0.6 is 0 Å². The Morgan fingerprint density at radius 1 is 1.50 bits per heavy atom. The maximum Gasteiger partial charge on any atom is 0.329 e. The summed E-state index contributed by atoms with van der Waals surface area (Å²) in [5.41, 5.74) is -0.496. The van der Waals surface area contributed by atoms with Gasteiger partial charge < -0.3 is 10.1 Å². The zero-order valence-electron chi connectivity index (χ0n) is 9.09. The lowest BCUT2D eigenvalue weighted by molar-refractivity contribution is -0.158. The second kappa shape index (κ2) is 3.59. The molecule has 1 N–H and O–H groups in total. The Hall–Kier alpha value is -1.06. The molecule has 1 amide bonds. The highest BCUT2D eigenvalue weighted by atomic mass is 16.6. The van der Waals surface area contributed by atoms with Crippen molar-refractivity contribution in [3.8, 4) is 0 Å². The summed E-state index contributed by atoms with van der Waals surface area (Å²) >= 11 is 0. The summed E-state index contributed by atoms with van der Waals surface area (Å²) in [5.74, 6) is -0.387. The van der Waals surface area contributed by atoms with E-state index in [1.807, 2.05) is 27.7 Å². The van der Waals surface area contributed by atoms with Crippen LogP contribution in [0.5, 0.6) is 0 Å². The van der Waals surface area contributed by atoms with Gasteiger partial charge in [0.1, 0.15) is 11.6 Å². The van der Waals surface area contributed by atoms with Crippen LogP contribution in [0.3, 0.4) is 0 Å². The van der Waals surface area contributed by atoms with Crippen molar-refractivity contribution in [2.75, 3.05) is 0 Å². The summed E-state index contributed by atoms with van der Waals surface area (Å²) in [6, 6.07) is -0.471. The van der Waals surface area contributed by atoms with Gasteiger partial charge in [0, 0.05) is 6.42 Å². The van der Waals surface area contributed by atoms with E-state index in [2.05, 4.69) is 5.32 Å². The smallest absolute Gasteiger partial charge is 0.329 e. The highest BCUT2D eigenvalue weighted by molar-refractivity contribution is 5.88. The Labute approximate surface area is 84.0 Å². The number of hydrogen-bond acceptors (Lipinski definition) is 3. The molecule has 0 aromatic rings. The normalized spacial score (nSPS) is 27.3. The summed E-state index contributed by atoms with van der Waals surface area (Å²) < 4.78 is 5.19. The zero-order chi connectivity index (χ0) is 10.9. The van der Waals surface area contributed by atoms with E-state index in [1.54, 1.807) is 0 Å². The third-order valence-corrected chi connectivity index (χ3v) is 2.05. The number of rotatable bonds is 1. The molecule has 0 aromatic heterocycles. The first-order valence-corrected chi connectivity index (χ1v) is 4.82. The zero-order valence-corrected chi connectivity index (χ0v) is 9.09. The fourth-order valence-electron chi connectivity index (χ4n) is 1.44. The molecule has 1 aliphatic rings. The maximum atomic E-state index is 11.6. The van der Waals surface area contributed by atoms with Gasteiger partial charge in [-0.1, -0.05) is 6.92 Å². The average Bonchev–Trinajstić information content (AvgIpc) is 2.26. The molecule has 1 rings (SSSR count). The van der Waals surface area contributed by atoms with Crippen LogP contribution in [0.2, 0.25) is 0 Å².